The van der Waals surface area contributed by atoms with Gasteiger partial charge in [0.1, 0.15) is 12.1 Å². The minimum absolute atomic E-state index is 0.114. The van der Waals surface area contributed by atoms with E-state index in [4.69, 9.17) is 11.6 Å². The molecule has 0 radical (unpaired) electrons. The first-order chi connectivity index (χ1) is 10.6. The second-order valence-electron chi connectivity index (χ2n) is 5.81. The number of hydrogen-bond donors (Lipinski definition) is 0. The Kier molecular flexibility index (Phi) is 3.84. The van der Waals surface area contributed by atoms with Gasteiger partial charge in [0.05, 0.1) is 10.2 Å². The first-order valence-electron chi connectivity index (χ1n) is 7.29. The fourth-order valence-corrected chi connectivity index (χ4v) is 5.65. The molecule has 0 saturated carbocycles. The van der Waals surface area contributed by atoms with Gasteiger partial charge in [-0.2, -0.15) is 0 Å². The maximum atomic E-state index is 12.7. The molecule has 1 aromatic rings. The number of thiophene rings is 1. The number of thioether (sulfide) groups is 1. The molecule has 118 valence electrons. The zero-order valence-corrected chi connectivity index (χ0v) is 14.3. The predicted molar refractivity (Wildman–Crippen MR) is 88.1 cm³/mol. The van der Waals surface area contributed by atoms with Crippen molar-refractivity contribution in [2.24, 2.45) is 0 Å². The highest BCUT2D eigenvalue weighted by molar-refractivity contribution is 7.99. The van der Waals surface area contributed by atoms with Gasteiger partial charge in [0.2, 0.25) is 11.8 Å². The SMILES string of the molecule is O=C1[C@@H]2CSCN2C(=O)[C@H]2CN(Cc3ccc(Cl)s3)CCN12. The largest absolute Gasteiger partial charge is 0.326 e. The van der Waals surface area contributed by atoms with Crippen LogP contribution in [0.15, 0.2) is 12.1 Å². The van der Waals surface area contributed by atoms with E-state index in [9.17, 15) is 9.59 Å². The first kappa shape index (κ1) is 14.8. The van der Waals surface area contributed by atoms with Gasteiger partial charge >= 0.3 is 0 Å². The average molecular weight is 358 g/mol. The van der Waals surface area contributed by atoms with Crippen LogP contribution in [0.4, 0.5) is 0 Å². The molecule has 0 spiro atoms. The van der Waals surface area contributed by atoms with E-state index in [1.807, 2.05) is 12.1 Å². The van der Waals surface area contributed by atoms with Crippen LogP contribution >= 0.6 is 34.7 Å². The Labute approximate surface area is 142 Å². The minimum Gasteiger partial charge on any atom is -0.326 e. The fraction of sp³-hybridized carbons (Fsp3) is 0.571. The zero-order valence-electron chi connectivity index (χ0n) is 11.9. The highest BCUT2D eigenvalue weighted by Crippen LogP contribution is 2.31. The normalized spacial score (nSPS) is 29.0. The van der Waals surface area contributed by atoms with E-state index in [1.54, 1.807) is 32.9 Å². The van der Waals surface area contributed by atoms with Crippen molar-refractivity contribution < 1.29 is 9.59 Å². The number of fused-ring (bicyclic) bond motifs is 2. The lowest BCUT2D eigenvalue weighted by Gasteiger charge is -2.47. The number of carbonyl (C=O) groups is 2. The molecular formula is C14H16ClN3O2S2. The zero-order chi connectivity index (χ0) is 15.3. The smallest absolute Gasteiger partial charge is 0.248 e. The van der Waals surface area contributed by atoms with E-state index in [0.29, 0.717) is 19.0 Å². The Balaban J connectivity index is 1.49. The molecule has 2 amide bonds. The number of nitrogens with zero attached hydrogens (tertiary/aromatic N) is 3. The molecule has 0 bridgehead atoms. The van der Waals surface area contributed by atoms with Crippen molar-refractivity contribution in [2.75, 3.05) is 31.3 Å². The first-order valence-corrected chi connectivity index (χ1v) is 9.63. The molecule has 0 aliphatic carbocycles. The second-order valence-corrected chi connectivity index (χ2v) is 8.61. The van der Waals surface area contributed by atoms with Crippen molar-refractivity contribution >= 4 is 46.5 Å². The summed E-state index contributed by atoms with van der Waals surface area (Å²) in [5.74, 6) is 1.64. The predicted octanol–water partition coefficient (Wildman–Crippen LogP) is 1.33. The van der Waals surface area contributed by atoms with Gasteiger partial charge in [0.15, 0.2) is 0 Å². The minimum atomic E-state index is -0.313. The van der Waals surface area contributed by atoms with Crippen LogP contribution in [-0.2, 0) is 16.1 Å². The number of halogens is 1. The third kappa shape index (κ3) is 2.44. The summed E-state index contributed by atoms with van der Waals surface area (Å²) in [7, 11) is 0. The molecule has 2 atom stereocenters. The number of piperazine rings is 2. The number of amides is 2. The summed E-state index contributed by atoms with van der Waals surface area (Å²) < 4.78 is 0.787. The highest BCUT2D eigenvalue weighted by atomic mass is 35.5. The molecule has 8 heteroatoms. The summed E-state index contributed by atoms with van der Waals surface area (Å²) in [6, 6.07) is 3.39. The molecular weight excluding hydrogens is 342 g/mol. The number of hydrogen-bond acceptors (Lipinski definition) is 5. The molecule has 0 unspecified atom stereocenters. The molecule has 22 heavy (non-hydrogen) atoms. The van der Waals surface area contributed by atoms with Gasteiger partial charge in [0, 0.05) is 36.8 Å². The monoisotopic (exact) mass is 357 g/mol. The van der Waals surface area contributed by atoms with Gasteiger partial charge in [-0.15, -0.1) is 23.1 Å². The van der Waals surface area contributed by atoms with Gasteiger partial charge in [-0.1, -0.05) is 11.6 Å². The lowest BCUT2D eigenvalue weighted by atomic mass is 10.0. The van der Waals surface area contributed by atoms with E-state index in [-0.39, 0.29) is 23.9 Å². The molecule has 3 aliphatic rings. The van der Waals surface area contributed by atoms with E-state index in [0.717, 1.165) is 23.2 Å². The fourth-order valence-electron chi connectivity index (χ4n) is 3.36. The Bertz CT molecular complexity index is 623. The van der Waals surface area contributed by atoms with E-state index in [1.165, 1.54) is 4.88 Å². The van der Waals surface area contributed by atoms with Crippen molar-refractivity contribution in [1.82, 2.24) is 14.7 Å². The highest BCUT2D eigenvalue weighted by Gasteiger charge is 2.49. The molecule has 0 aromatic carbocycles. The quantitative estimate of drug-likeness (QED) is 0.801. The van der Waals surface area contributed by atoms with E-state index >= 15 is 0 Å². The van der Waals surface area contributed by atoms with Crippen LogP contribution in [0.1, 0.15) is 4.88 Å². The molecule has 4 heterocycles. The van der Waals surface area contributed by atoms with Crippen molar-refractivity contribution in [3.63, 3.8) is 0 Å². The summed E-state index contributed by atoms with van der Waals surface area (Å²) in [4.78, 5) is 32.2. The molecule has 3 fully saturated rings. The summed E-state index contributed by atoms with van der Waals surface area (Å²) in [6.45, 7) is 2.86. The van der Waals surface area contributed by atoms with Gasteiger partial charge in [-0.3, -0.25) is 14.5 Å². The maximum absolute atomic E-state index is 12.7. The molecule has 1 aromatic heterocycles. The Morgan fingerprint density at radius 2 is 1.95 bits per heavy atom. The van der Waals surface area contributed by atoms with Crippen molar-refractivity contribution in [1.29, 1.82) is 0 Å². The summed E-state index contributed by atoms with van der Waals surface area (Å²) >= 11 is 9.22. The van der Waals surface area contributed by atoms with Crippen LogP contribution in [0.3, 0.4) is 0 Å². The van der Waals surface area contributed by atoms with Gasteiger partial charge in [-0.25, -0.2) is 0 Å². The summed E-state index contributed by atoms with van der Waals surface area (Å²) in [5.41, 5.74) is 0. The lowest BCUT2D eigenvalue weighted by Crippen LogP contribution is -2.69. The Morgan fingerprint density at radius 1 is 1.14 bits per heavy atom. The van der Waals surface area contributed by atoms with Crippen LogP contribution < -0.4 is 0 Å². The van der Waals surface area contributed by atoms with E-state index in [2.05, 4.69) is 4.90 Å². The van der Waals surface area contributed by atoms with Crippen molar-refractivity contribution in [2.45, 2.75) is 18.6 Å². The Hall–Kier alpha value is -0.760. The second kappa shape index (κ2) is 5.70. The molecule has 3 saturated heterocycles. The van der Waals surface area contributed by atoms with Crippen molar-refractivity contribution in [3.8, 4) is 0 Å². The standard InChI is InChI=1S/C14H16ClN3O2S2/c15-12-2-1-9(22-12)5-16-3-4-17-10(6-16)13(19)18-8-21-7-11(18)14(17)20/h1-2,10-11H,3-8H2/t10-,11+/m1/s1. The van der Waals surface area contributed by atoms with Crippen LogP contribution in [-0.4, -0.2) is 69.9 Å². The maximum Gasteiger partial charge on any atom is 0.248 e. The summed E-state index contributed by atoms with van der Waals surface area (Å²) in [5, 5.41) is 0. The van der Waals surface area contributed by atoms with Crippen LogP contribution in [0, 0.1) is 0 Å². The van der Waals surface area contributed by atoms with Crippen molar-refractivity contribution in [3.05, 3.63) is 21.3 Å². The van der Waals surface area contributed by atoms with Gasteiger partial charge in [0.25, 0.3) is 0 Å². The van der Waals surface area contributed by atoms with Crippen LogP contribution in [0.25, 0.3) is 0 Å². The number of rotatable bonds is 2. The average Bonchev–Trinajstić information content (AvgIpc) is 3.14. The topological polar surface area (TPSA) is 43.9 Å². The number of carbonyl (C=O) groups excluding carboxylic acids is 2. The van der Waals surface area contributed by atoms with Crippen LogP contribution in [0.2, 0.25) is 4.34 Å². The van der Waals surface area contributed by atoms with E-state index < -0.39 is 0 Å². The summed E-state index contributed by atoms with van der Waals surface area (Å²) in [6.07, 6.45) is 0. The van der Waals surface area contributed by atoms with Gasteiger partial charge < -0.3 is 9.80 Å². The van der Waals surface area contributed by atoms with Gasteiger partial charge in [-0.05, 0) is 12.1 Å². The molecule has 0 N–H and O–H groups in total. The molecule has 4 rings (SSSR count). The lowest BCUT2D eigenvalue weighted by molar-refractivity contribution is -0.162. The molecule has 5 nitrogen and oxygen atoms in total. The third-order valence-corrected chi connectivity index (χ3v) is 6.72. The third-order valence-electron chi connectivity index (χ3n) is 4.49. The molecule has 3 aliphatic heterocycles. The van der Waals surface area contributed by atoms with Crippen LogP contribution in [0.5, 0.6) is 0 Å². The Morgan fingerprint density at radius 3 is 2.73 bits per heavy atom.